The lowest BCUT2D eigenvalue weighted by Gasteiger charge is -2.33. The lowest BCUT2D eigenvalue weighted by atomic mass is 9.92. The largest absolute Gasteiger partial charge is 0.453 e. The van der Waals surface area contributed by atoms with Crippen molar-refractivity contribution in [3.05, 3.63) is 0 Å². The fourth-order valence-electron chi connectivity index (χ4n) is 15.3. The minimum absolute atomic E-state index is 0.0482. The van der Waals surface area contributed by atoms with Crippen LogP contribution in [0.15, 0.2) is 0 Å². The third kappa shape index (κ3) is 60.3. The highest BCUT2D eigenvalue weighted by molar-refractivity contribution is 7.88. The van der Waals surface area contributed by atoms with E-state index in [0.717, 1.165) is 147 Å². The number of amides is 4. The maximum atomic E-state index is 12.2. The highest BCUT2D eigenvalue weighted by Gasteiger charge is 2.30. The number of methoxy groups -OCH3 is 1. The van der Waals surface area contributed by atoms with Crippen LogP contribution >= 0.6 is 0 Å². The zero-order valence-corrected chi connectivity index (χ0v) is 80.5. The Bertz CT molecular complexity index is 2600. The summed E-state index contributed by atoms with van der Waals surface area (Å²) < 4.78 is 46.8. The number of sulfonamides is 1. The van der Waals surface area contributed by atoms with E-state index in [2.05, 4.69) is 199 Å². The summed E-state index contributed by atoms with van der Waals surface area (Å²) >= 11 is 0. The van der Waals surface area contributed by atoms with Gasteiger partial charge in [0, 0.05) is 124 Å². The monoisotopic (exact) mass is 1660 g/mol. The first-order valence-corrected chi connectivity index (χ1v) is 47.6. The Labute approximate surface area is 708 Å². The van der Waals surface area contributed by atoms with Crippen molar-refractivity contribution in [1.82, 2.24) is 70.9 Å². The van der Waals surface area contributed by atoms with Crippen LogP contribution in [-0.4, -0.2) is 288 Å². The standard InChI is InChI=1S/C15H30N2O.C14H29FN2.C14H30N2.C13H26N2O.C12H26N2O2S.C12H24N2O.C11H22N2O3/c1-12(2)14(18)17-10-7-13(8-11-17)6-9-16-15(3,4)5;1-14(2,3)16-9-4-5-13-6-10-17(11-7-13)12-8-15;1-5-16-11-8-13(9-12-16)7-6-10-15-14(2,3)4;1-11(16)15-9-6-12(7-10-15)5-8-14-13(2,3)4;1-12(2,3)13-8-5-11-6-9-14(10-7-11)17(4,15)16;1-12(2,3)13-7-4-11-5-8-14(10-15)9-6-11;1-11(2,3)12-7-9-8-13(5-6-16-9)10(14)15-4/h12-13,16H,6-11H2,1-5H3;13,16H,4-12H2,1-3H3;13,15H,5-12H2,1-4H3;12,14H,5-10H2,1-4H3;11,13H,5-10H2,1-4H3;10-11,13H,4-9H2,1-3H3;9,12H,5-8H2,1-4H3. The van der Waals surface area contributed by atoms with E-state index in [9.17, 15) is 32.0 Å². The zero-order chi connectivity index (χ0) is 87.3. The molecule has 7 aliphatic heterocycles. The normalized spacial score (nSPS) is 19.9. The summed E-state index contributed by atoms with van der Waals surface area (Å²) in [5, 5.41) is 24.5. The number of carbonyl (C=O) groups is 4. The first kappa shape index (κ1) is 110. The number of carbonyl (C=O) groups excluding carboxylic acids is 4. The minimum Gasteiger partial charge on any atom is -0.453 e. The van der Waals surface area contributed by atoms with Gasteiger partial charge in [-0.05, 0) is 381 Å². The molecule has 7 aliphatic rings. The molecule has 4 amide bonds. The molecule has 0 aromatic rings. The van der Waals surface area contributed by atoms with Crippen molar-refractivity contribution in [2.45, 2.75) is 346 Å². The third-order valence-corrected chi connectivity index (χ3v) is 24.0. The molecular weight excluding hydrogens is 1470 g/mol. The molecule has 1 unspecified atom stereocenters. The van der Waals surface area contributed by atoms with E-state index in [1.165, 1.54) is 149 Å². The van der Waals surface area contributed by atoms with Gasteiger partial charge in [-0.25, -0.2) is 21.9 Å². The van der Waals surface area contributed by atoms with Gasteiger partial charge in [0.05, 0.1) is 32.6 Å². The van der Waals surface area contributed by atoms with E-state index in [4.69, 9.17) is 9.47 Å². The van der Waals surface area contributed by atoms with Crippen molar-refractivity contribution in [3.63, 3.8) is 0 Å². The Morgan fingerprint density at radius 3 is 1.09 bits per heavy atom. The Hall–Kier alpha value is -2.88. The van der Waals surface area contributed by atoms with Gasteiger partial charge in [-0.15, -0.1) is 0 Å². The number of alkyl halides is 1. The fraction of sp³-hybridized carbons (Fsp3) is 0.956. The zero-order valence-electron chi connectivity index (χ0n) is 79.7. The second-order valence-electron chi connectivity index (χ2n) is 42.0. The summed E-state index contributed by atoms with van der Waals surface area (Å²) in [6.07, 6.45) is 26.7. The number of nitrogens with one attached hydrogen (secondary N) is 7. The van der Waals surface area contributed by atoms with Gasteiger partial charge in [0.15, 0.2) is 0 Å². The highest BCUT2D eigenvalue weighted by Crippen LogP contribution is 2.27. The Morgan fingerprint density at radius 2 is 0.774 bits per heavy atom. The Morgan fingerprint density at radius 1 is 0.452 bits per heavy atom. The molecule has 0 radical (unpaired) electrons. The van der Waals surface area contributed by atoms with E-state index in [1.54, 1.807) is 16.1 Å². The van der Waals surface area contributed by atoms with Crippen molar-refractivity contribution in [2.75, 3.05) is 177 Å². The molecule has 0 aromatic heterocycles. The molecule has 1 atom stereocenters. The summed E-state index contributed by atoms with van der Waals surface area (Å²) in [4.78, 5) is 57.3. The number of likely N-dealkylation sites (tertiary alicyclic amines) is 5. The van der Waals surface area contributed by atoms with Crippen LogP contribution in [-0.2, 0) is 33.9 Å². The van der Waals surface area contributed by atoms with E-state index in [1.807, 2.05) is 28.5 Å². The molecule has 115 heavy (non-hydrogen) atoms. The molecule has 7 N–H and O–H groups in total. The number of hydrogen-bond acceptors (Lipinski definition) is 17. The van der Waals surface area contributed by atoms with Crippen LogP contribution in [0.3, 0.4) is 0 Å². The highest BCUT2D eigenvalue weighted by atomic mass is 32.2. The van der Waals surface area contributed by atoms with Crippen molar-refractivity contribution >= 4 is 34.3 Å². The van der Waals surface area contributed by atoms with E-state index in [0.29, 0.717) is 51.2 Å². The number of ether oxygens (including phenoxy) is 2. The average molecular weight is 1660 g/mol. The van der Waals surface area contributed by atoms with E-state index in [-0.39, 0.29) is 69.5 Å². The van der Waals surface area contributed by atoms with Crippen LogP contribution in [0.4, 0.5) is 9.18 Å². The van der Waals surface area contributed by atoms with Crippen molar-refractivity contribution in [2.24, 2.45) is 41.4 Å². The Kier molecular flexibility index (Phi) is 54.3. The molecule has 0 bridgehead atoms. The number of rotatable bonds is 28. The lowest BCUT2D eigenvalue weighted by molar-refractivity contribution is -0.136. The van der Waals surface area contributed by atoms with Gasteiger partial charge in [0.2, 0.25) is 28.2 Å². The quantitative estimate of drug-likeness (QED) is 0.0285. The molecule has 0 aliphatic carbocycles. The number of halogens is 1. The summed E-state index contributed by atoms with van der Waals surface area (Å²) in [7, 11) is -1.57. The van der Waals surface area contributed by atoms with Gasteiger partial charge >= 0.3 is 6.09 Å². The predicted molar refractivity (Wildman–Crippen MR) is 484 cm³/mol. The maximum Gasteiger partial charge on any atom is 0.409 e. The maximum absolute atomic E-state index is 12.2. The van der Waals surface area contributed by atoms with Gasteiger partial charge in [0.25, 0.3) is 0 Å². The molecule has 7 heterocycles. The lowest BCUT2D eigenvalue weighted by Crippen LogP contribution is -2.51. The number of nitrogens with zero attached hydrogens (tertiary/aromatic N) is 7. The van der Waals surface area contributed by atoms with Crippen molar-refractivity contribution in [3.8, 4) is 0 Å². The first-order valence-electron chi connectivity index (χ1n) is 45.7. The molecule has 682 valence electrons. The van der Waals surface area contributed by atoms with Gasteiger partial charge in [0.1, 0.15) is 6.67 Å². The second-order valence-corrected chi connectivity index (χ2v) is 43.9. The second kappa shape index (κ2) is 56.7. The molecule has 24 heteroatoms. The van der Waals surface area contributed by atoms with Crippen LogP contribution in [0.1, 0.15) is 302 Å². The van der Waals surface area contributed by atoms with E-state index >= 15 is 0 Å². The van der Waals surface area contributed by atoms with Gasteiger partial charge < -0.3 is 76.1 Å². The molecule has 0 spiro atoms. The van der Waals surface area contributed by atoms with Crippen LogP contribution in [0.2, 0.25) is 0 Å². The molecule has 0 saturated carbocycles. The molecule has 7 fully saturated rings. The number of hydrogen-bond donors (Lipinski definition) is 7. The van der Waals surface area contributed by atoms with Crippen molar-refractivity contribution < 1.29 is 41.5 Å². The fourth-order valence-corrected chi connectivity index (χ4v) is 16.2. The van der Waals surface area contributed by atoms with Crippen LogP contribution in [0.5, 0.6) is 0 Å². The van der Waals surface area contributed by atoms with Gasteiger partial charge in [-0.2, -0.15) is 0 Å². The Balaban J connectivity index is 0.000000671. The van der Waals surface area contributed by atoms with Crippen molar-refractivity contribution in [1.29, 1.82) is 0 Å². The van der Waals surface area contributed by atoms with Crippen LogP contribution in [0, 0.1) is 41.4 Å². The summed E-state index contributed by atoms with van der Waals surface area (Å²) in [5.41, 5.74) is 1.43. The molecule has 7 rings (SSSR count). The number of piperidine rings is 6. The third-order valence-electron chi connectivity index (χ3n) is 22.7. The SMILES string of the molecule is CC(=O)N1CCC(CCNC(C)(C)C)CC1.CC(C)(C)NCCC1CCN(C=O)CC1.CC(C)(C)NCCC1CCN(S(C)(=O)=O)CC1.CC(C)(C)NCCCC1CCN(CCF)CC1.CC(C)C(=O)N1CCC(CCNC(C)(C)C)CC1.CCN1CCC(CCCNC(C)(C)C)CC1.COC(=O)N1CCOC(CNC(C)(C)C)C1. The molecule has 7 saturated heterocycles. The smallest absolute Gasteiger partial charge is 0.409 e. The average Bonchev–Trinajstić information content (AvgIpc) is 0.868. The van der Waals surface area contributed by atoms with E-state index < -0.39 is 10.0 Å². The molecule has 22 nitrogen and oxygen atoms in total. The topological polar surface area (TPSA) is 228 Å². The summed E-state index contributed by atoms with van der Waals surface area (Å²) in [6.45, 7) is 76.6. The van der Waals surface area contributed by atoms with Crippen LogP contribution in [0.25, 0.3) is 0 Å². The van der Waals surface area contributed by atoms with Gasteiger partial charge in [-0.1, -0.05) is 20.8 Å². The molecule has 0 aromatic carbocycles. The van der Waals surface area contributed by atoms with Crippen LogP contribution < -0.4 is 37.2 Å². The number of morpholine rings is 1. The summed E-state index contributed by atoms with van der Waals surface area (Å²) in [5.74, 6) is 5.61. The first-order chi connectivity index (χ1) is 53.3. The minimum atomic E-state index is -2.98. The van der Waals surface area contributed by atoms with Gasteiger partial charge in [-0.3, -0.25) is 14.4 Å². The predicted octanol–water partition coefficient (Wildman–Crippen LogP) is 14.3. The summed E-state index contributed by atoms with van der Waals surface area (Å²) in [6, 6.07) is 0. The molecular formula is C91H187FN14O8S.